The first-order valence-corrected chi connectivity index (χ1v) is 11.2. The molecular formula is C19H23F3N2O4S. The first kappa shape index (κ1) is 21.6. The molecule has 0 bridgehead atoms. The highest BCUT2D eigenvalue weighted by atomic mass is 32.2. The standard InChI is InChI=1S/C19H23F3N2O4S/c1-18(8-11-29(27,28)12-18)23-16(25)13-6-9-24(10-7-13)17(26)14-2-4-15(5-3-14)19(20,21)22/h2-5,13H,6-12H2,1H3,(H,23,25). The number of carbonyl (C=O) groups excluding carboxylic acids is 2. The molecule has 1 aromatic rings. The van der Waals surface area contributed by atoms with Crippen molar-refractivity contribution in [3.8, 4) is 0 Å². The molecule has 2 aliphatic rings. The van der Waals surface area contributed by atoms with Gasteiger partial charge < -0.3 is 10.2 Å². The summed E-state index contributed by atoms with van der Waals surface area (Å²) in [5.74, 6) is -0.926. The number of benzene rings is 1. The summed E-state index contributed by atoms with van der Waals surface area (Å²) in [6, 6.07) is 4.07. The Morgan fingerprint density at radius 2 is 1.72 bits per heavy atom. The molecular weight excluding hydrogens is 409 g/mol. The maximum absolute atomic E-state index is 12.6. The summed E-state index contributed by atoms with van der Waals surface area (Å²) in [4.78, 5) is 26.6. The van der Waals surface area contributed by atoms with E-state index in [1.807, 2.05) is 0 Å². The second-order valence-corrected chi connectivity index (χ2v) is 10.2. The van der Waals surface area contributed by atoms with Gasteiger partial charge in [-0.15, -0.1) is 0 Å². The van der Waals surface area contributed by atoms with Crippen LogP contribution >= 0.6 is 0 Å². The molecule has 1 atom stereocenters. The third-order valence-corrected chi connectivity index (χ3v) is 7.44. The van der Waals surface area contributed by atoms with Crippen LogP contribution in [0.5, 0.6) is 0 Å². The van der Waals surface area contributed by atoms with Crippen molar-refractivity contribution in [2.24, 2.45) is 5.92 Å². The largest absolute Gasteiger partial charge is 0.416 e. The second-order valence-electron chi connectivity index (χ2n) is 8.03. The van der Waals surface area contributed by atoms with E-state index in [1.54, 1.807) is 6.92 Å². The number of nitrogens with zero attached hydrogens (tertiary/aromatic N) is 1. The van der Waals surface area contributed by atoms with E-state index in [1.165, 1.54) is 4.90 Å². The Kier molecular flexibility index (Phi) is 5.68. The van der Waals surface area contributed by atoms with Gasteiger partial charge in [0.1, 0.15) is 0 Å². The number of hydrogen-bond acceptors (Lipinski definition) is 4. The summed E-state index contributed by atoms with van der Waals surface area (Å²) in [6.45, 7) is 2.35. The number of rotatable bonds is 3. The Balaban J connectivity index is 1.55. The topological polar surface area (TPSA) is 83.6 Å². The van der Waals surface area contributed by atoms with Crippen molar-refractivity contribution in [3.05, 3.63) is 35.4 Å². The van der Waals surface area contributed by atoms with E-state index in [0.717, 1.165) is 24.3 Å². The molecule has 1 aromatic carbocycles. The number of amides is 2. The van der Waals surface area contributed by atoms with E-state index in [9.17, 15) is 31.2 Å². The van der Waals surface area contributed by atoms with Gasteiger partial charge in [-0.1, -0.05) is 0 Å². The number of hydrogen-bond donors (Lipinski definition) is 1. The van der Waals surface area contributed by atoms with Crippen LogP contribution in [-0.4, -0.2) is 55.3 Å². The molecule has 0 saturated carbocycles. The lowest BCUT2D eigenvalue weighted by molar-refractivity contribution is -0.137. The molecule has 2 aliphatic heterocycles. The smallest absolute Gasteiger partial charge is 0.350 e. The van der Waals surface area contributed by atoms with Gasteiger partial charge in [0.25, 0.3) is 5.91 Å². The van der Waals surface area contributed by atoms with Crippen LogP contribution in [0, 0.1) is 5.92 Å². The third kappa shape index (κ3) is 5.09. The lowest BCUT2D eigenvalue weighted by atomic mass is 9.93. The number of carbonyl (C=O) groups is 2. The molecule has 0 aromatic heterocycles. The molecule has 0 radical (unpaired) electrons. The average Bonchev–Trinajstić information content (AvgIpc) is 2.93. The van der Waals surface area contributed by atoms with Crippen molar-refractivity contribution < 1.29 is 31.2 Å². The molecule has 2 saturated heterocycles. The number of piperidine rings is 1. The summed E-state index contributed by atoms with van der Waals surface area (Å²) in [7, 11) is -3.13. The fourth-order valence-corrected chi connectivity index (χ4v) is 5.93. The van der Waals surface area contributed by atoms with Crippen molar-refractivity contribution in [2.75, 3.05) is 24.6 Å². The molecule has 2 amide bonds. The lowest BCUT2D eigenvalue weighted by Crippen LogP contribution is -2.51. The predicted molar refractivity (Wildman–Crippen MR) is 99.9 cm³/mol. The molecule has 0 spiro atoms. The van der Waals surface area contributed by atoms with Gasteiger partial charge in [-0.3, -0.25) is 9.59 Å². The van der Waals surface area contributed by atoms with Crippen LogP contribution in [0.4, 0.5) is 13.2 Å². The quantitative estimate of drug-likeness (QED) is 0.794. The van der Waals surface area contributed by atoms with Crippen LogP contribution in [0.1, 0.15) is 42.1 Å². The van der Waals surface area contributed by atoms with Crippen molar-refractivity contribution >= 4 is 21.7 Å². The number of nitrogens with one attached hydrogen (secondary N) is 1. The number of sulfone groups is 1. The first-order valence-electron chi connectivity index (χ1n) is 9.38. The van der Waals surface area contributed by atoms with E-state index >= 15 is 0 Å². The average molecular weight is 432 g/mol. The van der Waals surface area contributed by atoms with Gasteiger partial charge in [-0.2, -0.15) is 13.2 Å². The van der Waals surface area contributed by atoms with Crippen molar-refractivity contribution in [3.63, 3.8) is 0 Å². The molecule has 0 aliphatic carbocycles. The minimum atomic E-state index is -4.46. The molecule has 6 nitrogen and oxygen atoms in total. The summed E-state index contributed by atoms with van der Waals surface area (Å²) in [6.07, 6.45) is -3.24. The van der Waals surface area contributed by atoms with E-state index in [-0.39, 0.29) is 34.8 Å². The summed E-state index contributed by atoms with van der Waals surface area (Å²) < 4.78 is 61.3. The highest BCUT2D eigenvalue weighted by Gasteiger charge is 2.41. The number of alkyl halides is 3. The Hall–Kier alpha value is -2.10. The molecule has 160 valence electrons. The van der Waals surface area contributed by atoms with E-state index in [4.69, 9.17) is 0 Å². The molecule has 10 heteroatoms. The zero-order valence-electron chi connectivity index (χ0n) is 16.0. The van der Waals surface area contributed by atoms with Crippen LogP contribution in [0.3, 0.4) is 0 Å². The van der Waals surface area contributed by atoms with Gasteiger partial charge in [0.15, 0.2) is 9.84 Å². The van der Waals surface area contributed by atoms with Gasteiger partial charge in [-0.25, -0.2) is 8.42 Å². The first-order chi connectivity index (χ1) is 13.4. The van der Waals surface area contributed by atoms with Gasteiger partial charge in [0.2, 0.25) is 5.91 Å². The minimum Gasteiger partial charge on any atom is -0.350 e. The molecule has 2 heterocycles. The fraction of sp³-hybridized carbons (Fsp3) is 0.579. The van der Waals surface area contributed by atoms with Gasteiger partial charge in [0, 0.05) is 24.6 Å². The van der Waals surface area contributed by atoms with Crippen molar-refractivity contribution in [1.29, 1.82) is 0 Å². The molecule has 3 rings (SSSR count). The maximum Gasteiger partial charge on any atom is 0.416 e. The predicted octanol–water partition coefficient (Wildman–Crippen LogP) is 2.25. The Morgan fingerprint density at radius 1 is 1.14 bits per heavy atom. The van der Waals surface area contributed by atoms with Gasteiger partial charge in [-0.05, 0) is 50.5 Å². The van der Waals surface area contributed by atoms with Crippen LogP contribution < -0.4 is 5.32 Å². The van der Waals surface area contributed by atoms with Crippen LogP contribution in [0.15, 0.2) is 24.3 Å². The second kappa shape index (κ2) is 7.62. The monoisotopic (exact) mass is 432 g/mol. The summed E-state index contributed by atoms with van der Waals surface area (Å²) >= 11 is 0. The van der Waals surface area contributed by atoms with E-state index in [2.05, 4.69) is 5.32 Å². The third-order valence-electron chi connectivity index (χ3n) is 5.54. The highest BCUT2D eigenvalue weighted by molar-refractivity contribution is 7.91. The Labute approximate surface area is 167 Å². The highest BCUT2D eigenvalue weighted by Crippen LogP contribution is 2.30. The zero-order valence-corrected chi connectivity index (χ0v) is 16.8. The van der Waals surface area contributed by atoms with Crippen molar-refractivity contribution in [2.45, 2.75) is 37.9 Å². The minimum absolute atomic E-state index is 0.0594. The Morgan fingerprint density at radius 3 is 2.21 bits per heavy atom. The molecule has 1 N–H and O–H groups in total. The fourth-order valence-electron chi connectivity index (χ4n) is 3.84. The molecule has 2 fully saturated rings. The van der Waals surface area contributed by atoms with Crippen LogP contribution in [-0.2, 0) is 20.8 Å². The van der Waals surface area contributed by atoms with Crippen LogP contribution in [0.25, 0.3) is 0 Å². The van der Waals surface area contributed by atoms with E-state index in [0.29, 0.717) is 32.4 Å². The lowest BCUT2D eigenvalue weighted by Gasteiger charge is -2.33. The van der Waals surface area contributed by atoms with Gasteiger partial charge >= 0.3 is 6.18 Å². The molecule has 29 heavy (non-hydrogen) atoms. The SMILES string of the molecule is CC1(NC(=O)C2CCN(C(=O)c3ccc(C(F)(F)F)cc3)CC2)CCS(=O)(=O)C1. The maximum atomic E-state index is 12.6. The van der Waals surface area contributed by atoms with E-state index < -0.39 is 27.1 Å². The zero-order chi connectivity index (χ0) is 21.4. The number of halogens is 3. The van der Waals surface area contributed by atoms with Crippen molar-refractivity contribution in [1.82, 2.24) is 10.2 Å². The number of likely N-dealkylation sites (tertiary alicyclic amines) is 1. The van der Waals surface area contributed by atoms with Gasteiger partial charge in [0.05, 0.1) is 22.6 Å². The summed E-state index contributed by atoms with van der Waals surface area (Å²) in [5, 5.41) is 2.85. The molecule has 1 unspecified atom stereocenters. The normalized spacial score (nSPS) is 25.0. The summed E-state index contributed by atoms with van der Waals surface area (Å²) in [5.41, 5.74) is -1.40. The Bertz CT molecular complexity index is 891. The van der Waals surface area contributed by atoms with Crippen LogP contribution in [0.2, 0.25) is 0 Å².